The van der Waals surface area contributed by atoms with E-state index in [-0.39, 0.29) is 11.7 Å². The number of aromatic nitrogens is 2. The van der Waals surface area contributed by atoms with Crippen LogP contribution in [0.4, 0.5) is 15.9 Å². The second-order valence-electron chi connectivity index (χ2n) is 4.34. The molecule has 0 aliphatic rings. The van der Waals surface area contributed by atoms with Crippen LogP contribution in [-0.2, 0) is 0 Å². The number of halogens is 3. The van der Waals surface area contributed by atoms with Crippen molar-refractivity contribution in [1.29, 1.82) is 0 Å². The Kier molecular flexibility index (Phi) is 4.52. The summed E-state index contributed by atoms with van der Waals surface area (Å²) in [6.07, 6.45) is 0. The molecule has 1 aromatic heterocycles. The summed E-state index contributed by atoms with van der Waals surface area (Å²) in [5, 5.41) is 3.07. The van der Waals surface area contributed by atoms with E-state index in [0.29, 0.717) is 20.6 Å². The highest BCUT2D eigenvalue weighted by molar-refractivity contribution is 9.10. The molecule has 19 heavy (non-hydrogen) atoms. The predicted octanol–water partition coefficient (Wildman–Crippen LogP) is 5.01. The summed E-state index contributed by atoms with van der Waals surface area (Å²) in [5.74, 6) is 1.27. The Balaban J connectivity index is 2.29. The molecular weight excluding hydrogens is 377 g/mol. The lowest BCUT2D eigenvalue weighted by Crippen LogP contribution is -2.02. The zero-order valence-electron chi connectivity index (χ0n) is 10.4. The fourth-order valence-corrected chi connectivity index (χ4v) is 2.12. The third kappa shape index (κ3) is 3.73. The fourth-order valence-electron chi connectivity index (χ4n) is 1.48. The Morgan fingerprint density at radius 2 is 1.89 bits per heavy atom. The van der Waals surface area contributed by atoms with Crippen molar-refractivity contribution in [1.82, 2.24) is 9.97 Å². The van der Waals surface area contributed by atoms with Gasteiger partial charge in [0.2, 0.25) is 0 Å². The van der Waals surface area contributed by atoms with Crippen molar-refractivity contribution in [3.8, 4) is 0 Å². The standard InChI is InChI=1S/C13H12Br2FN3/c1-7(2)13-18-11(15)6-12(19-13)17-8-3-4-9(14)10(16)5-8/h3-7H,1-2H3,(H,17,18,19). The highest BCUT2D eigenvalue weighted by Crippen LogP contribution is 2.24. The SMILES string of the molecule is CC(C)c1nc(Br)cc(Nc2ccc(Br)c(F)c2)n1. The molecule has 0 saturated carbocycles. The van der Waals surface area contributed by atoms with E-state index in [9.17, 15) is 4.39 Å². The number of anilines is 2. The number of hydrogen-bond acceptors (Lipinski definition) is 3. The van der Waals surface area contributed by atoms with Crippen LogP contribution in [0.5, 0.6) is 0 Å². The maximum atomic E-state index is 13.4. The molecule has 0 aliphatic carbocycles. The molecule has 0 unspecified atom stereocenters. The normalized spacial score (nSPS) is 10.8. The molecule has 6 heteroatoms. The summed E-state index contributed by atoms with van der Waals surface area (Å²) in [6, 6.07) is 6.59. The molecule has 2 aromatic rings. The molecule has 3 nitrogen and oxygen atoms in total. The largest absolute Gasteiger partial charge is 0.340 e. The number of hydrogen-bond donors (Lipinski definition) is 1. The quantitative estimate of drug-likeness (QED) is 0.751. The topological polar surface area (TPSA) is 37.8 Å². The van der Waals surface area contributed by atoms with Crippen molar-refractivity contribution >= 4 is 43.4 Å². The van der Waals surface area contributed by atoms with Crippen LogP contribution in [0.15, 0.2) is 33.3 Å². The highest BCUT2D eigenvalue weighted by Gasteiger charge is 2.08. The smallest absolute Gasteiger partial charge is 0.139 e. The third-order valence-corrected chi connectivity index (χ3v) is 3.47. The third-order valence-electron chi connectivity index (χ3n) is 2.42. The van der Waals surface area contributed by atoms with Gasteiger partial charge in [-0.15, -0.1) is 0 Å². The van der Waals surface area contributed by atoms with Gasteiger partial charge in [0.05, 0.1) is 4.47 Å². The fraction of sp³-hybridized carbons (Fsp3) is 0.231. The lowest BCUT2D eigenvalue weighted by Gasteiger charge is -2.10. The summed E-state index contributed by atoms with van der Waals surface area (Å²) < 4.78 is 14.6. The van der Waals surface area contributed by atoms with Crippen LogP contribution in [-0.4, -0.2) is 9.97 Å². The molecule has 0 radical (unpaired) electrons. The molecule has 0 fully saturated rings. The Hall–Kier alpha value is -1.01. The van der Waals surface area contributed by atoms with Gasteiger partial charge in [-0.3, -0.25) is 0 Å². The van der Waals surface area contributed by atoms with Gasteiger partial charge in [0.1, 0.15) is 22.1 Å². The molecule has 0 atom stereocenters. The summed E-state index contributed by atoms with van der Waals surface area (Å²) in [4.78, 5) is 8.68. The molecule has 100 valence electrons. The molecule has 1 N–H and O–H groups in total. The van der Waals surface area contributed by atoms with Crippen molar-refractivity contribution < 1.29 is 4.39 Å². The molecule has 0 bridgehead atoms. The van der Waals surface area contributed by atoms with Gasteiger partial charge in [0.15, 0.2) is 0 Å². The zero-order chi connectivity index (χ0) is 14.0. The van der Waals surface area contributed by atoms with Crippen LogP contribution in [0.2, 0.25) is 0 Å². The van der Waals surface area contributed by atoms with E-state index in [1.54, 1.807) is 18.2 Å². The lowest BCUT2D eigenvalue weighted by molar-refractivity contribution is 0.622. The van der Waals surface area contributed by atoms with Crippen LogP contribution in [0, 0.1) is 5.82 Å². The van der Waals surface area contributed by atoms with Crippen molar-refractivity contribution in [2.24, 2.45) is 0 Å². The summed E-state index contributed by atoms with van der Waals surface area (Å²) in [6.45, 7) is 4.04. The van der Waals surface area contributed by atoms with E-state index >= 15 is 0 Å². The Labute approximate surface area is 127 Å². The number of benzene rings is 1. The van der Waals surface area contributed by atoms with Crippen molar-refractivity contribution in [2.75, 3.05) is 5.32 Å². The Morgan fingerprint density at radius 3 is 2.53 bits per heavy atom. The van der Waals surface area contributed by atoms with Gasteiger partial charge in [-0.05, 0) is 50.1 Å². The second-order valence-corrected chi connectivity index (χ2v) is 6.01. The van der Waals surface area contributed by atoms with Gasteiger partial charge in [-0.25, -0.2) is 14.4 Å². The summed E-state index contributed by atoms with van der Waals surface area (Å²) in [5.41, 5.74) is 0.640. The van der Waals surface area contributed by atoms with Crippen molar-refractivity contribution in [3.05, 3.63) is 45.0 Å². The van der Waals surface area contributed by atoms with Gasteiger partial charge < -0.3 is 5.32 Å². The molecular formula is C13H12Br2FN3. The van der Waals surface area contributed by atoms with Crippen molar-refractivity contribution in [2.45, 2.75) is 19.8 Å². The first-order chi connectivity index (χ1) is 8.95. The van der Waals surface area contributed by atoms with Crippen LogP contribution < -0.4 is 5.32 Å². The van der Waals surface area contributed by atoms with E-state index in [1.807, 2.05) is 13.8 Å². The van der Waals surface area contributed by atoms with E-state index in [0.717, 1.165) is 5.82 Å². The van der Waals surface area contributed by atoms with Crippen LogP contribution in [0.25, 0.3) is 0 Å². The molecule has 1 heterocycles. The molecule has 1 aromatic carbocycles. The van der Waals surface area contributed by atoms with Crippen molar-refractivity contribution in [3.63, 3.8) is 0 Å². The summed E-state index contributed by atoms with van der Waals surface area (Å²) in [7, 11) is 0. The molecule has 0 saturated heterocycles. The van der Waals surface area contributed by atoms with E-state index in [2.05, 4.69) is 47.1 Å². The average molecular weight is 389 g/mol. The molecule has 0 spiro atoms. The maximum Gasteiger partial charge on any atom is 0.139 e. The maximum absolute atomic E-state index is 13.4. The van der Waals surface area contributed by atoms with Crippen LogP contribution in [0.3, 0.4) is 0 Å². The highest BCUT2D eigenvalue weighted by atomic mass is 79.9. The Morgan fingerprint density at radius 1 is 1.16 bits per heavy atom. The number of nitrogens with zero attached hydrogens (tertiary/aromatic N) is 2. The molecule has 0 amide bonds. The average Bonchev–Trinajstić information content (AvgIpc) is 2.33. The van der Waals surface area contributed by atoms with E-state index in [4.69, 9.17) is 0 Å². The minimum atomic E-state index is -0.317. The summed E-state index contributed by atoms with van der Waals surface area (Å²) >= 11 is 6.47. The number of nitrogens with one attached hydrogen (secondary N) is 1. The minimum absolute atomic E-state index is 0.222. The lowest BCUT2D eigenvalue weighted by atomic mass is 10.2. The Bertz CT molecular complexity index is 602. The van der Waals surface area contributed by atoms with Gasteiger partial charge in [-0.1, -0.05) is 13.8 Å². The molecule has 0 aliphatic heterocycles. The molecule has 2 rings (SSSR count). The second kappa shape index (κ2) is 5.96. The predicted molar refractivity (Wildman–Crippen MR) is 81.2 cm³/mol. The van der Waals surface area contributed by atoms with Gasteiger partial charge in [0.25, 0.3) is 0 Å². The van der Waals surface area contributed by atoms with Gasteiger partial charge in [0, 0.05) is 17.7 Å². The van der Waals surface area contributed by atoms with Gasteiger partial charge >= 0.3 is 0 Å². The van der Waals surface area contributed by atoms with Crippen LogP contribution >= 0.6 is 31.9 Å². The van der Waals surface area contributed by atoms with Gasteiger partial charge in [-0.2, -0.15) is 0 Å². The van der Waals surface area contributed by atoms with E-state index in [1.165, 1.54) is 6.07 Å². The van der Waals surface area contributed by atoms with Crippen LogP contribution in [0.1, 0.15) is 25.6 Å². The minimum Gasteiger partial charge on any atom is -0.340 e. The first-order valence-electron chi connectivity index (χ1n) is 5.72. The number of rotatable bonds is 3. The monoisotopic (exact) mass is 387 g/mol. The zero-order valence-corrected chi connectivity index (χ0v) is 13.6. The first kappa shape index (κ1) is 14.4. The van der Waals surface area contributed by atoms with E-state index < -0.39 is 0 Å². The first-order valence-corrected chi connectivity index (χ1v) is 7.31.